The number of piperidine rings is 1. The summed E-state index contributed by atoms with van der Waals surface area (Å²) in [5.41, 5.74) is -0.598. The zero-order chi connectivity index (χ0) is 22.0. The molecule has 0 aromatic heterocycles. The van der Waals surface area contributed by atoms with Crippen LogP contribution in [-0.4, -0.2) is 64.0 Å². The second-order valence-electron chi connectivity index (χ2n) is 7.09. The molecule has 0 saturated carbocycles. The SMILES string of the molecule is CCNC(=NCc1ccc(OC)cc1C(F)(F)F)N1CCC(OCCCOC)CC1.I. The fourth-order valence-electron chi connectivity index (χ4n) is 3.36. The number of hydrogen-bond donors (Lipinski definition) is 1. The van der Waals surface area contributed by atoms with E-state index in [-0.39, 0.29) is 47.9 Å². The molecule has 0 bridgehead atoms. The van der Waals surface area contributed by atoms with Gasteiger partial charge in [-0.05, 0) is 43.9 Å². The van der Waals surface area contributed by atoms with Gasteiger partial charge in [0.15, 0.2) is 5.96 Å². The Hall–Kier alpha value is -1.27. The standard InChI is InChI=1S/C21H32F3N3O3.HI/c1-4-25-20(27-10-8-17(9-11-27)30-13-5-12-28-2)26-15-16-6-7-18(29-3)14-19(16)21(22,23)24;/h6-7,14,17H,4-5,8-13,15H2,1-3H3,(H,25,26);1H. The van der Waals surface area contributed by atoms with Gasteiger partial charge in [0.25, 0.3) is 0 Å². The minimum atomic E-state index is -4.46. The number of ether oxygens (including phenoxy) is 3. The zero-order valence-corrected chi connectivity index (χ0v) is 20.7. The van der Waals surface area contributed by atoms with Crippen LogP contribution in [0.1, 0.15) is 37.3 Å². The fourth-order valence-corrected chi connectivity index (χ4v) is 3.36. The van der Waals surface area contributed by atoms with Gasteiger partial charge in [0.1, 0.15) is 5.75 Å². The van der Waals surface area contributed by atoms with Gasteiger partial charge in [0, 0.05) is 40.0 Å². The van der Waals surface area contributed by atoms with E-state index in [2.05, 4.69) is 15.2 Å². The second-order valence-corrected chi connectivity index (χ2v) is 7.09. The van der Waals surface area contributed by atoms with E-state index in [9.17, 15) is 13.2 Å². The number of aliphatic imine (C=N–C) groups is 1. The van der Waals surface area contributed by atoms with Gasteiger partial charge in [-0.1, -0.05) is 6.07 Å². The first-order valence-electron chi connectivity index (χ1n) is 10.3. The molecular formula is C21H33F3IN3O3. The number of guanidine groups is 1. The van der Waals surface area contributed by atoms with E-state index in [4.69, 9.17) is 14.2 Å². The molecule has 6 nitrogen and oxygen atoms in total. The van der Waals surface area contributed by atoms with Crippen molar-refractivity contribution in [3.8, 4) is 5.75 Å². The smallest absolute Gasteiger partial charge is 0.416 e. The minimum Gasteiger partial charge on any atom is -0.497 e. The third-order valence-corrected chi connectivity index (χ3v) is 4.94. The molecule has 1 aromatic carbocycles. The van der Waals surface area contributed by atoms with Crippen LogP contribution in [0, 0.1) is 0 Å². The number of halogens is 4. The van der Waals surface area contributed by atoms with Gasteiger partial charge in [-0.15, -0.1) is 24.0 Å². The molecule has 1 heterocycles. The molecule has 0 aliphatic carbocycles. The van der Waals surface area contributed by atoms with E-state index >= 15 is 0 Å². The van der Waals surface area contributed by atoms with Crippen LogP contribution in [0.4, 0.5) is 13.2 Å². The Kier molecular flexibility index (Phi) is 12.5. The van der Waals surface area contributed by atoms with Crippen molar-refractivity contribution in [2.24, 2.45) is 4.99 Å². The van der Waals surface area contributed by atoms with E-state index in [0.29, 0.717) is 25.7 Å². The molecule has 0 atom stereocenters. The average molecular weight is 559 g/mol. The van der Waals surface area contributed by atoms with Crippen LogP contribution in [0.2, 0.25) is 0 Å². The maximum atomic E-state index is 13.4. The lowest BCUT2D eigenvalue weighted by Crippen LogP contribution is -2.47. The molecule has 1 aliphatic heterocycles. The summed E-state index contributed by atoms with van der Waals surface area (Å²) in [7, 11) is 3.02. The van der Waals surface area contributed by atoms with Gasteiger partial charge < -0.3 is 24.4 Å². The molecule has 0 radical (unpaired) electrons. The lowest BCUT2D eigenvalue weighted by Gasteiger charge is -2.34. The molecular weight excluding hydrogens is 526 g/mol. The van der Waals surface area contributed by atoms with Crippen molar-refractivity contribution in [3.63, 3.8) is 0 Å². The Labute approximate surface area is 199 Å². The second kappa shape index (κ2) is 14.0. The maximum absolute atomic E-state index is 13.4. The Balaban J connectivity index is 0.00000480. The van der Waals surface area contributed by atoms with Crippen molar-refractivity contribution in [2.75, 3.05) is 47.1 Å². The van der Waals surface area contributed by atoms with Crippen LogP contribution in [0.15, 0.2) is 23.2 Å². The van der Waals surface area contributed by atoms with Crippen LogP contribution in [-0.2, 0) is 22.2 Å². The van der Waals surface area contributed by atoms with E-state index in [1.54, 1.807) is 7.11 Å². The predicted octanol–water partition coefficient (Wildman–Crippen LogP) is 4.32. The third kappa shape index (κ3) is 9.01. The Morgan fingerprint density at radius 1 is 1.19 bits per heavy atom. The van der Waals surface area contributed by atoms with Crippen molar-refractivity contribution >= 4 is 29.9 Å². The van der Waals surface area contributed by atoms with Crippen molar-refractivity contribution in [3.05, 3.63) is 29.3 Å². The molecule has 0 amide bonds. The summed E-state index contributed by atoms with van der Waals surface area (Å²) in [4.78, 5) is 6.56. The molecule has 178 valence electrons. The van der Waals surface area contributed by atoms with Crippen molar-refractivity contribution < 1.29 is 27.4 Å². The fraction of sp³-hybridized carbons (Fsp3) is 0.667. The van der Waals surface area contributed by atoms with Crippen molar-refractivity contribution in [1.29, 1.82) is 0 Å². The first-order valence-corrected chi connectivity index (χ1v) is 10.3. The molecule has 2 rings (SSSR count). The van der Waals surface area contributed by atoms with Crippen molar-refractivity contribution in [2.45, 2.75) is 45.0 Å². The van der Waals surface area contributed by atoms with Crippen LogP contribution in [0.5, 0.6) is 5.75 Å². The van der Waals surface area contributed by atoms with Crippen LogP contribution < -0.4 is 10.1 Å². The van der Waals surface area contributed by atoms with Gasteiger partial charge >= 0.3 is 6.18 Å². The summed E-state index contributed by atoms with van der Waals surface area (Å²) in [5, 5.41) is 3.19. The van der Waals surface area contributed by atoms with E-state index in [1.165, 1.54) is 19.2 Å². The lowest BCUT2D eigenvalue weighted by atomic mass is 10.1. The van der Waals surface area contributed by atoms with E-state index < -0.39 is 11.7 Å². The molecule has 31 heavy (non-hydrogen) atoms. The Morgan fingerprint density at radius 2 is 1.90 bits per heavy atom. The van der Waals surface area contributed by atoms with Gasteiger partial charge in [-0.3, -0.25) is 0 Å². The number of methoxy groups -OCH3 is 2. The number of nitrogens with one attached hydrogen (secondary N) is 1. The Morgan fingerprint density at radius 3 is 2.48 bits per heavy atom. The van der Waals surface area contributed by atoms with Gasteiger partial charge in [-0.25, -0.2) is 4.99 Å². The monoisotopic (exact) mass is 559 g/mol. The number of rotatable bonds is 9. The molecule has 0 unspecified atom stereocenters. The first-order chi connectivity index (χ1) is 14.4. The number of nitrogens with zero attached hydrogens (tertiary/aromatic N) is 2. The first kappa shape index (κ1) is 27.8. The quantitative estimate of drug-likeness (QED) is 0.212. The minimum absolute atomic E-state index is 0. The van der Waals surface area contributed by atoms with Crippen LogP contribution in [0.3, 0.4) is 0 Å². The lowest BCUT2D eigenvalue weighted by molar-refractivity contribution is -0.138. The van der Waals surface area contributed by atoms with Gasteiger partial charge in [0.2, 0.25) is 0 Å². The number of alkyl halides is 3. The number of benzene rings is 1. The average Bonchev–Trinajstić information content (AvgIpc) is 2.74. The third-order valence-electron chi connectivity index (χ3n) is 4.94. The predicted molar refractivity (Wildman–Crippen MR) is 125 cm³/mol. The van der Waals surface area contributed by atoms with Gasteiger partial charge in [0.05, 0.1) is 25.3 Å². The topological polar surface area (TPSA) is 55.3 Å². The molecule has 1 aromatic rings. The molecule has 1 fully saturated rings. The summed E-state index contributed by atoms with van der Waals surface area (Å²) < 4.78 is 56.1. The summed E-state index contributed by atoms with van der Waals surface area (Å²) in [5.74, 6) is 0.800. The van der Waals surface area contributed by atoms with Crippen LogP contribution in [0.25, 0.3) is 0 Å². The molecule has 10 heteroatoms. The summed E-state index contributed by atoms with van der Waals surface area (Å²) in [6.45, 7) is 5.36. The highest BCUT2D eigenvalue weighted by Gasteiger charge is 2.33. The molecule has 0 spiro atoms. The molecule has 1 aliphatic rings. The number of hydrogen-bond acceptors (Lipinski definition) is 4. The highest BCUT2D eigenvalue weighted by Crippen LogP contribution is 2.34. The maximum Gasteiger partial charge on any atom is 0.416 e. The van der Waals surface area contributed by atoms with Gasteiger partial charge in [-0.2, -0.15) is 13.2 Å². The zero-order valence-electron chi connectivity index (χ0n) is 18.3. The Bertz CT molecular complexity index is 682. The normalized spacial score (nSPS) is 15.5. The van der Waals surface area contributed by atoms with Crippen LogP contribution >= 0.6 is 24.0 Å². The molecule has 1 saturated heterocycles. The summed E-state index contributed by atoms with van der Waals surface area (Å²) in [6.07, 6.45) is -1.69. The largest absolute Gasteiger partial charge is 0.497 e. The molecule has 1 N–H and O–H groups in total. The summed E-state index contributed by atoms with van der Waals surface area (Å²) >= 11 is 0. The van der Waals surface area contributed by atoms with Crippen molar-refractivity contribution in [1.82, 2.24) is 10.2 Å². The summed E-state index contributed by atoms with van der Waals surface area (Å²) in [6, 6.07) is 3.97. The van der Waals surface area contributed by atoms with E-state index in [0.717, 1.165) is 38.4 Å². The number of likely N-dealkylation sites (tertiary alicyclic amines) is 1. The highest BCUT2D eigenvalue weighted by molar-refractivity contribution is 14.0. The van der Waals surface area contributed by atoms with E-state index in [1.807, 2.05) is 6.92 Å². The highest BCUT2D eigenvalue weighted by atomic mass is 127.